The molecule has 0 bridgehead atoms. The molecule has 0 radical (unpaired) electrons. The number of fused-ring (bicyclic) bond motifs is 3. The van der Waals surface area contributed by atoms with E-state index in [1.165, 1.54) is 0 Å². The fourth-order valence-electron chi connectivity index (χ4n) is 2.33. The topological polar surface area (TPSA) is 44.8 Å². The second kappa shape index (κ2) is 4.89. The average molecular weight is 270 g/mol. The van der Waals surface area contributed by atoms with Crippen LogP contribution < -0.4 is 9.47 Å². The standard InChI is InChI=1S/C16H14O4/c1-18-11-4-3-10-9-20-16(17)13-6-5-12(19-2)8-15(13)14(10)7-11/h3-8H,9H2,1-2H3. The molecule has 1 heterocycles. The van der Waals surface area contributed by atoms with E-state index in [0.717, 1.165) is 22.4 Å². The number of ether oxygens (including phenoxy) is 3. The highest BCUT2D eigenvalue weighted by molar-refractivity contribution is 5.99. The zero-order chi connectivity index (χ0) is 14.1. The maximum absolute atomic E-state index is 12.0. The van der Waals surface area contributed by atoms with E-state index in [9.17, 15) is 4.79 Å². The fraction of sp³-hybridized carbons (Fsp3) is 0.188. The summed E-state index contributed by atoms with van der Waals surface area (Å²) in [5, 5.41) is 0. The maximum Gasteiger partial charge on any atom is 0.339 e. The van der Waals surface area contributed by atoms with Crippen LogP contribution in [0, 0.1) is 0 Å². The monoisotopic (exact) mass is 270 g/mol. The third-order valence-corrected chi connectivity index (χ3v) is 3.41. The van der Waals surface area contributed by atoms with Crippen molar-refractivity contribution in [2.45, 2.75) is 6.61 Å². The molecule has 0 unspecified atom stereocenters. The van der Waals surface area contributed by atoms with Crippen molar-refractivity contribution in [3.8, 4) is 22.6 Å². The lowest BCUT2D eigenvalue weighted by Gasteiger charge is -2.10. The highest BCUT2D eigenvalue weighted by Gasteiger charge is 2.22. The SMILES string of the molecule is COc1ccc2c(c1)-c1cc(OC)ccc1C(=O)OC2. The van der Waals surface area contributed by atoms with Gasteiger partial charge < -0.3 is 14.2 Å². The zero-order valence-electron chi connectivity index (χ0n) is 11.3. The minimum absolute atomic E-state index is 0.259. The van der Waals surface area contributed by atoms with Crippen molar-refractivity contribution < 1.29 is 19.0 Å². The first-order valence-electron chi connectivity index (χ1n) is 6.25. The largest absolute Gasteiger partial charge is 0.497 e. The smallest absolute Gasteiger partial charge is 0.339 e. The summed E-state index contributed by atoms with van der Waals surface area (Å²) < 4.78 is 15.8. The van der Waals surface area contributed by atoms with Gasteiger partial charge in [-0.1, -0.05) is 6.07 Å². The minimum atomic E-state index is -0.321. The molecule has 0 amide bonds. The van der Waals surface area contributed by atoms with E-state index in [1.54, 1.807) is 26.4 Å². The summed E-state index contributed by atoms with van der Waals surface area (Å²) in [5.41, 5.74) is 3.23. The summed E-state index contributed by atoms with van der Waals surface area (Å²) in [6.07, 6.45) is 0. The fourth-order valence-corrected chi connectivity index (χ4v) is 2.33. The number of hydrogen-bond donors (Lipinski definition) is 0. The molecule has 0 N–H and O–H groups in total. The quantitative estimate of drug-likeness (QED) is 0.787. The molecule has 0 aromatic heterocycles. The number of carbonyl (C=O) groups excluding carboxylic acids is 1. The van der Waals surface area contributed by atoms with Crippen LogP contribution in [-0.4, -0.2) is 20.2 Å². The Morgan fingerprint density at radius 2 is 1.55 bits per heavy atom. The van der Waals surface area contributed by atoms with Gasteiger partial charge in [0, 0.05) is 5.56 Å². The highest BCUT2D eigenvalue weighted by Crippen LogP contribution is 2.36. The van der Waals surface area contributed by atoms with E-state index < -0.39 is 0 Å². The lowest BCUT2D eigenvalue weighted by atomic mass is 9.96. The molecule has 0 spiro atoms. The van der Waals surface area contributed by atoms with E-state index in [2.05, 4.69) is 0 Å². The molecule has 0 saturated carbocycles. The Morgan fingerprint density at radius 1 is 0.900 bits per heavy atom. The third-order valence-electron chi connectivity index (χ3n) is 3.41. The molecule has 102 valence electrons. The average Bonchev–Trinajstić information content (AvgIpc) is 2.64. The third kappa shape index (κ3) is 1.99. The Balaban J connectivity index is 2.27. The number of cyclic esters (lactones) is 1. The van der Waals surface area contributed by atoms with Gasteiger partial charge in [-0.15, -0.1) is 0 Å². The molecular weight excluding hydrogens is 256 g/mol. The number of hydrogen-bond acceptors (Lipinski definition) is 4. The zero-order valence-corrected chi connectivity index (χ0v) is 11.3. The van der Waals surface area contributed by atoms with Crippen molar-refractivity contribution in [2.75, 3.05) is 14.2 Å². The van der Waals surface area contributed by atoms with Crippen LogP contribution in [0.5, 0.6) is 11.5 Å². The van der Waals surface area contributed by atoms with Crippen molar-refractivity contribution in [3.05, 3.63) is 47.5 Å². The number of carbonyl (C=O) groups is 1. The highest BCUT2D eigenvalue weighted by atomic mass is 16.5. The van der Waals surface area contributed by atoms with Crippen molar-refractivity contribution in [1.29, 1.82) is 0 Å². The van der Waals surface area contributed by atoms with Gasteiger partial charge in [-0.05, 0) is 41.5 Å². The molecule has 0 saturated heterocycles. The van der Waals surface area contributed by atoms with E-state index in [4.69, 9.17) is 14.2 Å². The summed E-state index contributed by atoms with van der Waals surface area (Å²) in [7, 11) is 3.22. The van der Waals surface area contributed by atoms with Gasteiger partial charge in [-0.3, -0.25) is 0 Å². The molecule has 2 aromatic carbocycles. The van der Waals surface area contributed by atoms with Crippen LogP contribution in [-0.2, 0) is 11.3 Å². The summed E-state index contributed by atoms with van der Waals surface area (Å²) in [4.78, 5) is 12.0. The van der Waals surface area contributed by atoms with Gasteiger partial charge in [0.2, 0.25) is 0 Å². The molecule has 4 nitrogen and oxygen atoms in total. The Labute approximate surface area is 116 Å². The molecule has 0 atom stereocenters. The van der Waals surface area contributed by atoms with E-state index >= 15 is 0 Å². The lowest BCUT2D eigenvalue weighted by molar-refractivity contribution is 0.0479. The van der Waals surface area contributed by atoms with Gasteiger partial charge in [0.05, 0.1) is 19.8 Å². The number of rotatable bonds is 2. The second-order valence-electron chi connectivity index (χ2n) is 4.51. The molecule has 1 aliphatic heterocycles. The molecule has 0 fully saturated rings. The summed E-state index contributed by atoms with van der Waals surface area (Å²) in [6.45, 7) is 0.259. The summed E-state index contributed by atoms with van der Waals surface area (Å²) in [6, 6.07) is 11.0. The predicted molar refractivity (Wildman–Crippen MR) is 74.1 cm³/mol. The molecular formula is C16H14O4. The van der Waals surface area contributed by atoms with Crippen LogP contribution in [0.1, 0.15) is 15.9 Å². The van der Waals surface area contributed by atoms with Gasteiger partial charge >= 0.3 is 5.97 Å². The van der Waals surface area contributed by atoms with Crippen LogP contribution >= 0.6 is 0 Å². The first kappa shape index (κ1) is 12.5. The van der Waals surface area contributed by atoms with Gasteiger partial charge in [-0.25, -0.2) is 4.79 Å². The normalized spacial score (nSPS) is 12.8. The maximum atomic E-state index is 12.0. The predicted octanol–water partition coefficient (Wildman–Crippen LogP) is 3.04. The number of esters is 1. The summed E-state index contributed by atoms with van der Waals surface area (Å²) in [5.74, 6) is 1.12. The van der Waals surface area contributed by atoms with Crippen LogP contribution in [0.25, 0.3) is 11.1 Å². The van der Waals surface area contributed by atoms with Gasteiger partial charge in [0.15, 0.2) is 0 Å². The second-order valence-corrected chi connectivity index (χ2v) is 4.51. The van der Waals surface area contributed by atoms with Crippen LogP contribution in [0.2, 0.25) is 0 Å². The summed E-state index contributed by atoms with van der Waals surface area (Å²) >= 11 is 0. The first-order chi connectivity index (χ1) is 9.72. The van der Waals surface area contributed by atoms with Crippen molar-refractivity contribution in [3.63, 3.8) is 0 Å². The lowest BCUT2D eigenvalue weighted by Crippen LogP contribution is -2.03. The number of benzene rings is 2. The van der Waals surface area contributed by atoms with Crippen molar-refractivity contribution >= 4 is 5.97 Å². The molecule has 20 heavy (non-hydrogen) atoms. The molecule has 0 aliphatic carbocycles. The van der Waals surface area contributed by atoms with Crippen LogP contribution in [0.3, 0.4) is 0 Å². The van der Waals surface area contributed by atoms with Gasteiger partial charge in [-0.2, -0.15) is 0 Å². The van der Waals surface area contributed by atoms with E-state index in [-0.39, 0.29) is 12.6 Å². The Morgan fingerprint density at radius 3 is 2.25 bits per heavy atom. The number of methoxy groups -OCH3 is 2. The minimum Gasteiger partial charge on any atom is -0.497 e. The Hall–Kier alpha value is -2.49. The van der Waals surface area contributed by atoms with Crippen molar-refractivity contribution in [2.24, 2.45) is 0 Å². The Bertz CT molecular complexity index is 676. The van der Waals surface area contributed by atoms with E-state index in [1.807, 2.05) is 24.3 Å². The Kier molecular flexibility index (Phi) is 3.06. The van der Waals surface area contributed by atoms with Gasteiger partial charge in [0.1, 0.15) is 18.1 Å². The first-order valence-corrected chi connectivity index (χ1v) is 6.25. The van der Waals surface area contributed by atoms with E-state index in [0.29, 0.717) is 11.3 Å². The van der Waals surface area contributed by atoms with Crippen LogP contribution in [0.15, 0.2) is 36.4 Å². The van der Waals surface area contributed by atoms with Crippen molar-refractivity contribution in [1.82, 2.24) is 0 Å². The van der Waals surface area contributed by atoms with Crippen LogP contribution in [0.4, 0.5) is 0 Å². The van der Waals surface area contributed by atoms with Gasteiger partial charge in [0.25, 0.3) is 0 Å². The molecule has 1 aliphatic rings. The molecule has 3 rings (SSSR count). The molecule has 2 aromatic rings. The molecule has 4 heteroatoms.